The van der Waals surface area contributed by atoms with Crippen molar-refractivity contribution in [1.29, 1.82) is 0 Å². The molecular formula is C20H24N2O. The van der Waals surface area contributed by atoms with Crippen LogP contribution in [-0.4, -0.2) is 37.0 Å². The maximum Gasteiger partial charge on any atom is 0.227 e. The molecule has 0 atom stereocenters. The van der Waals surface area contributed by atoms with E-state index in [1.807, 2.05) is 17.0 Å². The molecule has 120 valence electrons. The molecule has 0 saturated carbocycles. The highest BCUT2D eigenvalue weighted by molar-refractivity contribution is 5.79. The second-order valence-electron chi connectivity index (χ2n) is 6.37. The fourth-order valence-electron chi connectivity index (χ4n) is 3.15. The Morgan fingerprint density at radius 3 is 2.22 bits per heavy atom. The van der Waals surface area contributed by atoms with Crippen molar-refractivity contribution in [2.24, 2.45) is 0 Å². The number of hydrogen-bond donors (Lipinski definition) is 0. The lowest BCUT2D eigenvalue weighted by Crippen LogP contribution is -2.49. The Balaban J connectivity index is 1.57. The highest BCUT2D eigenvalue weighted by Crippen LogP contribution is 2.18. The first-order valence-corrected chi connectivity index (χ1v) is 8.27. The van der Waals surface area contributed by atoms with Crippen LogP contribution in [-0.2, 0) is 11.2 Å². The monoisotopic (exact) mass is 308 g/mol. The lowest BCUT2D eigenvalue weighted by molar-refractivity contribution is -0.130. The Kier molecular flexibility index (Phi) is 4.65. The number of aryl methyl sites for hydroxylation is 2. The predicted molar refractivity (Wildman–Crippen MR) is 94.9 cm³/mol. The summed E-state index contributed by atoms with van der Waals surface area (Å²) in [5.41, 5.74) is 4.85. The van der Waals surface area contributed by atoms with Gasteiger partial charge in [0.05, 0.1) is 6.42 Å². The van der Waals surface area contributed by atoms with Crippen molar-refractivity contribution in [1.82, 2.24) is 4.90 Å². The summed E-state index contributed by atoms with van der Waals surface area (Å²) in [7, 11) is 0. The highest BCUT2D eigenvalue weighted by atomic mass is 16.2. The minimum atomic E-state index is 0.236. The van der Waals surface area contributed by atoms with Crippen molar-refractivity contribution in [3.05, 3.63) is 65.2 Å². The SMILES string of the molecule is Cc1cccc(CC(=O)N2CCN(c3cccc(C)c3)CC2)c1. The van der Waals surface area contributed by atoms with Gasteiger partial charge in [0.25, 0.3) is 0 Å². The fourth-order valence-corrected chi connectivity index (χ4v) is 3.15. The third-order valence-electron chi connectivity index (χ3n) is 4.44. The topological polar surface area (TPSA) is 23.6 Å². The lowest BCUT2D eigenvalue weighted by Gasteiger charge is -2.36. The van der Waals surface area contributed by atoms with Gasteiger partial charge in [0, 0.05) is 31.9 Å². The number of amides is 1. The first-order valence-electron chi connectivity index (χ1n) is 8.27. The average Bonchev–Trinajstić information content (AvgIpc) is 2.55. The molecule has 23 heavy (non-hydrogen) atoms. The van der Waals surface area contributed by atoms with E-state index in [2.05, 4.69) is 55.1 Å². The quantitative estimate of drug-likeness (QED) is 0.869. The maximum atomic E-state index is 12.5. The fraction of sp³-hybridized carbons (Fsp3) is 0.350. The van der Waals surface area contributed by atoms with E-state index in [9.17, 15) is 4.79 Å². The van der Waals surface area contributed by atoms with Crippen LogP contribution >= 0.6 is 0 Å². The van der Waals surface area contributed by atoms with Crippen molar-refractivity contribution in [3.8, 4) is 0 Å². The zero-order valence-corrected chi connectivity index (χ0v) is 14.0. The molecule has 2 aromatic carbocycles. The summed E-state index contributed by atoms with van der Waals surface area (Å²) in [5, 5.41) is 0. The summed E-state index contributed by atoms with van der Waals surface area (Å²) in [6.07, 6.45) is 0.506. The number of benzene rings is 2. The molecule has 0 radical (unpaired) electrons. The Morgan fingerprint density at radius 2 is 1.57 bits per heavy atom. The molecule has 1 saturated heterocycles. The van der Waals surface area contributed by atoms with Gasteiger partial charge in [-0.05, 0) is 37.1 Å². The van der Waals surface area contributed by atoms with E-state index in [0.29, 0.717) is 6.42 Å². The van der Waals surface area contributed by atoms with E-state index in [4.69, 9.17) is 0 Å². The van der Waals surface area contributed by atoms with Crippen molar-refractivity contribution in [3.63, 3.8) is 0 Å². The molecule has 3 nitrogen and oxygen atoms in total. The first kappa shape index (κ1) is 15.6. The number of rotatable bonds is 3. The Bertz CT molecular complexity index is 688. The van der Waals surface area contributed by atoms with Gasteiger partial charge in [-0.2, -0.15) is 0 Å². The van der Waals surface area contributed by atoms with Crippen LogP contribution in [0.25, 0.3) is 0 Å². The van der Waals surface area contributed by atoms with Gasteiger partial charge in [-0.15, -0.1) is 0 Å². The highest BCUT2D eigenvalue weighted by Gasteiger charge is 2.21. The second-order valence-corrected chi connectivity index (χ2v) is 6.37. The van der Waals surface area contributed by atoms with Gasteiger partial charge >= 0.3 is 0 Å². The van der Waals surface area contributed by atoms with E-state index in [0.717, 1.165) is 31.7 Å². The van der Waals surface area contributed by atoms with Crippen molar-refractivity contribution < 1.29 is 4.79 Å². The summed E-state index contributed by atoms with van der Waals surface area (Å²) in [5.74, 6) is 0.236. The van der Waals surface area contributed by atoms with Gasteiger partial charge in [0.1, 0.15) is 0 Å². The number of hydrogen-bond acceptors (Lipinski definition) is 2. The van der Waals surface area contributed by atoms with Gasteiger partial charge < -0.3 is 9.80 Å². The standard InChI is InChI=1S/C20H24N2O/c1-16-5-3-7-18(13-16)15-20(23)22-11-9-21(10-12-22)19-8-4-6-17(2)14-19/h3-8,13-14H,9-12,15H2,1-2H3. The third kappa shape index (κ3) is 3.92. The molecule has 3 rings (SSSR count). The zero-order chi connectivity index (χ0) is 16.2. The van der Waals surface area contributed by atoms with Gasteiger partial charge in [-0.25, -0.2) is 0 Å². The number of carbonyl (C=O) groups is 1. The number of carbonyl (C=O) groups excluding carboxylic acids is 1. The second kappa shape index (κ2) is 6.86. The molecule has 0 aromatic heterocycles. The van der Waals surface area contributed by atoms with Crippen LogP contribution in [0.1, 0.15) is 16.7 Å². The molecule has 0 unspecified atom stereocenters. The van der Waals surface area contributed by atoms with E-state index >= 15 is 0 Å². The van der Waals surface area contributed by atoms with Crippen LogP contribution in [0.4, 0.5) is 5.69 Å². The summed E-state index contributed by atoms with van der Waals surface area (Å²) >= 11 is 0. The van der Waals surface area contributed by atoms with Crippen molar-refractivity contribution in [2.45, 2.75) is 20.3 Å². The van der Waals surface area contributed by atoms with Crippen LogP contribution < -0.4 is 4.90 Å². The molecule has 1 heterocycles. The molecule has 2 aromatic rings. The van der Waals surface area contributed by atoms with E-state index in [1.165, 1.54) is 16.8 Å². The zero-order valence-electron chi connectivity index (χ0n) is 14.0. The Hall–Kier alpha value is -2.29. The Morgan fingerprint density at radius 1 is 0.913 bits per heavy atom. The Labute approximate surface area is 138 Å². The van der Waals surface area contributed by atoms with Crippen molar-refractivity contribution >= 4 is 11.6 Å². The maximum absolute atomic E-state index is 12.5. The van der Waals surface area contributed by atoms with E-state index in [1.54, 1.807) is 0 Å². The minimum absolute atomic E-state index is 0.236. The molecule has 1 aliphatic rings. The van der Waals surface area contributed by atoms with Gasteiger partial charge in [-0.3, -0.25) is 4.79 Å². The van der Waals surface area contributed by atoms with Gasteiger partial charge in [0.15, 0.2) is 0 Å². The molecule has 1 aliphatic heterocycles. The van der Waals surface area contributed by atoms with Crippen LogP contribution in [0.5, 0.6) is 0 Å². The van der Waals surface area contributed by atoms with Gasteiger partial charge in [0.2, 0.25) is 5.91 Å². The molecule has 0 bridgehead atoms. The molecule has 1 amide bonds. The minimum Gasteiger partial charge on any atom is -0.368 e. The molecule has 1 fully saturated rings. The summed E-state index contributed by atoms with van der Waals surface area (Å²) in [6.45, 7) is 7.60. The largest absolute Gasteiger partial charge is 0.368 e. The van der Waals surface area contributed by atoms with Gasteiger partial charge in [-0.1, -0.05) is 42.0 Å². The van der Waals surface area contributed by atoms with Crippen LogP contribution in [0.15, 0.2) is 48.5 Å². The summed E-state index contributed by atoms with van der Waals surface area (Å²) in [6, 6.07) is 16.8. The number of anilines is 1. The van der Waals surface area contributed by atoms with Crippen LogP contribution in [0.2, 0.25) is 0 Å². The molecule has 0 N–H and O–H groups in total. The molecule has 0 aliphatic carbocycles. The van der Waals surface area contributed by atoms with Crippen LogP contribution in [0, 0.1) is 13.8 Å². The number of nitrogens with zero attached hydrogens (tertiary/aromatic N) is 2. The van der Waals surface area contributed by atoms with Crippen molar-refractivity contribution in [2.75, 3.05) is 31.1 Å². The molecule has 0 spiro atoms. The van der Waals surface area contributed by atoms with E-state index < -0.39 is 0 Å². The normalized spacial score (nSPS) is 14.9. The summed E-state index contributed by atoms with van der Waals surface area (Å²) in [4.78, 5) is 16.8. The predicted octanol–water partition coefficient (Wildman–Crippen LogP) is 3.19. The lowest BCUT2D eigenvalue weighted by atomic mass is 10.1. The molecular weight excluding hydrogens is 284 g/mol. The molecule has 3 heteroatoms. The summed E-state index contributed by atoms with van der Waals surface area (Å²) < 4.78 is 0. The number of piperazine rings is 1. The first-order chi connectivity index (χ1) is 11.1. The smallest absolute Gasteiger partial charge is 0.227 e. The van der Waals surface area contributed by atoms with Crippen LogP contribution in [0.3, 0.4) is 0 Å². The van der Waals surface area contributed by atoms with E-state index in [-0.39, 0.29) is 5.91 Å². The average molecular weight is 308 g/mol. The third-order valence-corrected chi connectivity index (χ3v) is 4.44.